The summed E-state index contributed by atoms with van der Waals surface area (Å²) in [5.41, 5.74) is 18.3. The van der Waals surface area contributed by atoms with Crippen LogP contribution in [-0.2, 0) is 12.8 Å². The number of rotatable bonds is 14. The average molecular weight is 825 g/mol. The Labute approximate surface area is 356 Å². The Morgan fingerprint density at radius 3 is 1.59 bits per heavy atom. The molecule has 6 aromatic rings. The number of methoxy groups -OCH3 is 2. The molecule has 15 nitrogen and oxygen atoms in total. The Balaban J connectivity index is 0.000000295. The zero-order valence-electron chi connectivity index (χ0n) is 33.5. The van der Waals surface area contributed by atoms with E-state index in [9.17, 15) is 15.3 Å². The van der Waals surface area contributed by atoms with Crippen molar-refractivity contribution >= 4 is 17.4 Å². The second-order valence-corrected chi connectivity index (χ2v) is 12.9. The van der Waals surface area contributed by atoms with Gasteiger partial charge in [0, 0.05) is 67.5 Å². The van der Waals surface area contributed by atoms with E-state index in [2.05, 4.69) is 42.7 Å². The first kappa shape index (κ1) is 47.9. The number of aliphatic hydroxyl groups excluding tert-OH is 2. The molecule has 0 aliphatic rings. The van der Waals surface area contributed by atoms with E-state index in [4.69, 9.17) is 31.2 Å². The van der Waals surface area contributed by atoms with E-state index in [0.29, 0.717) is 72.3 Å². The lowest BCUT2D eigenvalue weighted by molar-refractivity contribution is 0.249. The van der Waals surface area contributed by atoms with E-state index in [0.717, 1.165) is 45.7 Å². The molecule has 0 aliphatic heterocycles. The van der Waals surface area contributed by atoms with Gasteiger partial charge in [0.25, 0.3) is 0 Å². The molecule has 2 aromatic heterocycles. The molecule has 316 valence electrons. The highest BCUT2D eigenvalue weighted by Gasteiger charge is 2.10. The summed E-state index contributed by atoms with van der Waals surface area (Å²) in [6, 6.07) is 33.5. The third-order valence-electron chi connectivity index (χ3n) is 8.54. The molecule has 61 heavy (non-hydrogen) atoms. The van der Waals surface area contributed by atoms with Gasteiger partial charge < -0.3 is 41.8 Å². The lowest BCUT2D eigenvalue weighted by Crippen LogP contribution is -2.29. The van der Waals surface area contributed by atoms with E-state index < -0.39 is 0 Å². The van der Waals surface area contributed by atoms with Crippen molar-refractivity contribution in [3.63, 3.8) is 0 Å². The highest BCUT2D eigenvalue weighted by Crippen LogP contribution is 2.26. The van der Waals surface area contributed by atoms with Gasteiger partial charge in [0.05, 0.1) is 36.7 Å². The van der Waals surface area contributed by atoms with Crippen LogP contribution in [0, 0.1) is 22.7 Å². The van der Waals surface area contributed by atoms with Crippen LogP contribution in [-0.4, -0.2) is 76.7 Å². The standard InChI is InChI=1S/C23H23N5O3.C19H16N4O.C3H9NO.CH4/c1-31-21-8-5-17(14-18(21)15-24)20-9-11-25-22(28-20)13-16-3-6-19(7-4-16)27-23(30)26-10-2-12-29;1-24-18-7-4-14(11-15(18)12-20)17-8-9-22-19(23-17)10-13-2-5-16(21)6-3-13;4-2-1-3-5;/h3-9,11,14,29H,2,10,12-13H2,1H3,(H2,26,27,30);2-9,11H,10,21H2,1H3;5H,1-4H2;1H4. The van der Waals surface area contributed by atoms with Crippen LogP contribution in [0.15, 0.2) is 109 Å². The summed E-state index contributed by atoms with van der Waals surface area (Å²) < 4.78 is 10.4. The summed E-state index contributed by atoms with van der Waals surface area (Å²) in [5, 5.41) is 40.7. The summed E-state index contributed by atoms with van der Waals surface area (Å²) in [6.07, 6.45) is 5.80. The minimum atomic E-state index is -0.312. The van der Waals surface area contributed by atoms with Crippen LogP contribution < -0.4 is 31.6 Å². The van der Waals surface area contributed by atoms with Crippen LogP contribution >= 0.6 is 0 Å². The van der Waals surface area contributed by atoms with Gasteiger partial charge in [-0.1, -0.05) is 31.7 Å². The summed E-state index contributed by atoms with van der Waals surface area (Å²) >= 11 is 0. The van der Waals surface area contributed by atoms with Gasteiger partial charge in [-0.25, -0.2) is 24.7 Å². The number of aromatic nitrogens is 4. The molecule has 8 N–H and O–H groups in total. The molecule has 0 bridgehead atoms. The van der Waals surface area contributed by atoms with Gasteiger partial charge in [0.1, 0.15) is 35.3 Å². The number of amides is 2. The van der Waals surface area contributed by atoms with Crippen molar-refractivity contribution in [1.29, 1.82) is 10.5 Å². The highest BCUT2D eigenvalue weighted by atomic mass is 16.5. The predicted octanol–water partition coefficient (Wildman–Crippen LogP) is 6.28. The normalized spacial score (nSPS) is 9.89. The van der Waals surface area contributed by atoms with Crippen molar-refractivity contribution in [2.45, 2.75) is 33.1 Å². The fourth-order valence-electron chi connectivity index (χ4n) is 5.45. The fraction of sp³-hybridized carbons (Fsp3) is 0.239. The monoisotopic (exact) mass is 824 g/mol. The smallest absolute Gasteiger partial charge is 0.319 e. The van der Waals surface area contributed by atoms with Gasteiger partial charge in [-0.2, -0.15) is 10.5 Å². The maximum atomic E-state index is 11.8. The second-order valence-electron chi connectivity index (χ2n) is 12.9. The number of ether oxygens (including phenoxy) is 2. The van der Waals surface area contributed by atoms with E-state index in [1.165, 1.54) is 7.11 Å². The Kier molecular flexibility index (Phi) is 20.3. The van der Waals surface area contributed by atoms with Crippen LogP contribution in [0.2, 0.25) is 0 Å². The van der Waals surface area contributed by atoms with Crippen molar-refractivity contribution in [3.05, 3.63) is 143 Å². The molecule has 0 aliphatic carbocycles. The van der Waals surface area contributed by atoms with E-state index >= 15 is 0 Å². The van der Waals surface area contributed by atoms with Gasteiger partial charge in [-0.15, -0.1) is 0 Å². The molecule has 0 saturated carbocycles. The third-order valence-corrected chi connectivity index (χ3v) is 8.54. The number of nitrogens with two attached hydrogens (primary N) is 2. The molecular weight excluding hydrogens is 773 g/mol. The average Bonchev–Trinajstić information content (AvgIpc) is 3.28. The van der Waals surface area contributed by atoms with Gasteiger partial charge in [0.2, 0.25) is 0 Å². The number of aliphatic hydroxyl groups is 2. The predicted molar refractivity (Wildman–Crippen MR) is 237 cm³/mol. The van der Waals surface area contributed by atoms with E-state index in [1.807, 2.05) is 66.7 Å². The fourth-order valence-corrected chi connectivity index (χ4v) is 5.45. The first-order chi connectivity index (χ1) is 29.2. The van der Waals surface area contributed by atoms with Crippen molar-refractivity contribution in [1.82, 2.24) is 25.3 Å². The molecular formula is C46H52N10O5. The molecule has 4 aromatic carbocycles. The van der Waals surface area contributed by atoms with Crippen LogP contribution in [0.3, 0.4) is 0 Å². The van der Waals surface area contributed by atoms with Crippen LogP contribution in [0.5, 0.6) is 11.5 Å². The number of anilines is 2. The van der Waals surface area contributed by atoms with Crippen LogP contribution in [0.4, 0.5) is 16.2 Å². The Morgan fingerprint density at radius 1 is 0.705 bits per heavy atom. The number of nitrogens with one attached hydrogen (secondary N) is 2. The molecule has 0 unspecified atom stereocenters. The van der Waals surface area contributed by atoms with Crippen LogP contribution in [0.25, 0.3) is 22.5 Å². The maximum Gasteiger partial charge on any atom is 0.319 e. The Hall–Kier alpha value is -7.43. The number of carbonyl (C=O) groups excluding carboxylic acids is 1. The number of hydrogen-bond donors (Lipinski definition) is 6. The van der Waals surface area contributed by atoms with E-state index in [-0.39, 0.29) is 26.7 Å². The number of nitriles is 2. The van der Waals surface area contributed by atoms with Gasteiger partial charge in [-0.3, -0.25) is 0 Å². The molecule has 0 radical (unpaired) electrons. The maximum absolute atomic E-state index is 11.8. The summed E-state index contributed by atoms with van der Waals surface area (Å²) in [7, 11) is 3.08. The first-order valence-corrected chi connectivity index (χ1v) is 18.9. The zero-order valence-corrected chi connectivity index (χ0v) is 33.5. The van der Waals surface area contributed by atoms with Crippen molar-refractivity contribution in [2.75, 3.05) is 51.6 Å². The highest BCUT2D eigenvalue weighted by molar-refractivity contribution is 5.89. The van der Waals surface area contributed by atoms with E-state index in [1.54, 1.807) is 49.8 Å². The number of urea groups is 1. The lowest BCUT2D eigenvalue weighted by atomic mass is 10.1. The van der Waals surface area contributed by atoms with Crippen molar-refractivity contribution in [3.8, 4) is 46.2 Å². The van der Waals surface area contributed by atoms with Crippen molar-refractivity contribution in [2.24, 2.45) is 5.73 Å². The topological polar surface area (TPSA) is 251 Å². The SMILES string of the molecule is C.COc1ccc(-c2ccnc(Cc3ccc(N)cc3)n2)cc1C#N.COc1ccc(-c2ccnc(Cc3ccc(NC(=O)NCCCO)cc3)n2)cc1C#N.NCCCO. The first-order valence-electron chi connectivity index (χ1n) is 18.9. The molecule has 2 heterocycles. The quantitative estimate of drug-likeness (QED) is 0.0523. The van der Waals surface area contributed by atoms with Gasteiger partial charge in [0.15, 0.2) is 0 Å². The zero-order chi connectivity index (χ0) is 43.1. The number of carbonyl (C=O) groups is 1. The van der Waals surface area contributed by atoms with Crippen molar-refractivity contribution < 1.29 is 24.5 Å². The minimum Gasteiger partial charge on any atom is -0.495 e. The van der Waals surface area contributed by atoms with Gasteiger partial charge in [-0.05, 0) is 103 Å². The molecule has 15 heteroatoms. The van der Waals surface area contributed by atoms with Gasteiger partial charge >= 0.3 is 6.03 Å². The largest absolute Gasteiger partial charge is 0.495 e. The summed E-state index contributed by atoms with van der Waals surface area (Å²) in [6.45, 7) is 1.27. The van der Waals surface area contributed by atoms with Crippen LogP contribution in [0.1, 0.15) is 54.2 Å². The number of hydrogen-bond acceptors (Lipinski definition) is 13. The minimum absolute atomic E-state index is 0. The molecule has 6 rings (SSSR count). The molecule has 0 spiro atoms. The molecule has 0 atom stereocenters. The number of nitrogen functional groups attached to an aromatic ring is 1. The summed E-state index contributed by atoms with van der Waals surface area (Å²) in [4.78, 5) is 29.7. The number of benzene rings is 4. The molecule has 2 amide bonds. The lowest BCUT2D eigenvalue weighted by Gasteiger charge is -2.09. The Morgan fingerprint density at radius 2 is 1.18 bits per heavy atom. The molecule has 0 fully saturated rings. The second kappa shape index (κ2) is 25.8. The number of nitrogens with zero attached hydrogens (tertiary/aromatic N) is 6. The Bertz CT molecular complexity index is 2360. The third kappa shape index (κ3) is 15.4. The molecule has 0 saturated heterocycles. The summed E-state index contributed by atoms with van der Waals surface area (Å²) in [5.74, 6) is 2.44.